The van der Waals surface area contributed by atoms with E-state index in [9.17, 15) is 21.6 Å². The lowest BCUT2D eigenvalue weighted by Gasteiger charge is -2.09. The number of aliphatic hydroxyl groups is 2. The number of fused-ring (bicyclic) bond motifs is 2. The molecule has 0 bridgehead atoms. The van der Waals surface area contributed by atoms with Gasteiger partial charge in [0.2, 0.25) is 25.5 Å². The van der Waals surface area contributed by atoms with E-state index in [4.69, 9.17) is 14.6 Å². The van der Waals surface area contributed by atoms with E-state index in [0.717, 1.165) is 0 Å². The maximum atomic E-state index is 13.1. The third kappa shape index (κ3) is 5.96. The van der Waals surface area contributed by atoms with Crippen LogP contribution in [0.1, 0.15) is 25.7 Å². The highest BCUT2D eigenvalue weighted by molar-refractivity contribution is 7.89. The van der Waals surface area contributed by atoms with Crippen molar-refractivity contribution in [2.45, 2.75) is 35.5 Å². The van der Waals surface area contributed by atoms with Crippen LogP contribution in [-0.4, -0.2) is 53.4 Å². The van der Waals surface area contributed by atoms with E-state index >= 15 is 0 Å². The molecule has 10 nitrogen and oxygen atoms in total. The van der Waals surface area contributed by atoms with Crippen molar-refractivity contribution in [2.75, 3.05) is 26.3 Å². The maximum Gasteiger partial charge on any atom is 0.240 e. The van der Waals surface area contributed by atoms with Crippen LogP contribution in [0.15, 0.2) is 55.4 Å². The fourth-order valence-corrected chi connectivity index (χ4v) is 5.40. The highest BCUT2D eigenvalue weighted by Crippen LogP contribution is 2.23. The average molecular weight is 499 g/mol. The van der Waals surface area contributed by atoms with Crippen molar-refractivity contribution in [3.63, 3.8) is 0 Å². The van der Waals surface area contributed by atoms with Gasteiger partial charge in [0.15, 0.2) is 0 Å². The first-order valence-electron chi connectivity index (χ1n) is 10.4. The third-order valence-corrected chi connectivity index (χ3v) is 7.90. The summed E-state index contributed by atoms with van der Waals surface area (Å²) >= 11 is 0. The van der Waals surface area contributed by atoms with Crippen LogP contribution in [0.3, 0.4) is 0 Å². The second-order valence-corrected chi connectivity index (χ2v) is 10.9. The summed E-state index contributed by atoms with van der Waals surface area (Å²) in [5.41, 5.74) is -0.213. The molecule has 0 amide bonds. The zero-order chi connectivity index (χ0) is 24.1. The maximum absolute atomic E-state index is 13.1. The monoisotopic (exact) mass is 498 g/mol. The lowest BCUT2D eigenvalue weighted by Crippen LogP contribution is -2.25. The summed E-state index contributed by atoms with van der Waals surface area (Å²) in [5, 5.41) is 17.6. The van der Waals surface area contributed by atoms with Gasteiger partial charge in [-0.1, -0.05) is 0 Å². The Morgan fingerprint density at radius 1 is 0.697 bits per heavy atom. The first-order chi connectivity index (χ1) is 15.7. The molecule has 1 aromatic heterocycles. The fraction of sp³-hybridized carbons (Fsp3) is 0.381. The van der Waals surface area contributed by atoms with Gasteiger partial charge in [-0.2, -0.15) is 0 Å². The van der Waals surface area contributed by atoms with Gasteiger partial charge in [-0.25, -0.2) is 26.3 Å². The van der Waals surface area contributed by atoms with E-state index in [2.05, 4.69) is 9.44 Å². The molecule has 12 heteroatoms. The topological polar surface area (TPSA) is 163 Å². The van der Waals surface area contributed by atoms with Crippen LogP contribution in [0.2, 0.25) is 0 Å². The summed E-state index contributed by atoms with van der Waals surface area (Å²) in [6.45, 7) is 0.197. The zero-order valence-corrected chi connectivity index (χ0v) is 19.4. The smallest absolute Gasteiger partial charge is 0.240 e. The molecule has 0 saturated carbocycles. The molecule has 3 rings (SSSR count). The van der Waals surface area contributed by atoms with E-state index in [1.54, 1.807) is 0 Å². The number of rotatable bonds is 12. The van der Waals surface area contributed by atoms with Crippen molar-refractivity contribution in [2.24, 2.45) is 0 Å². The minimum atomic E-state index is -3.88. The van der Waals surface area contributed by atoms with E-state index in [1.807, 2.05) is 0 Å². The summed E-state index contributed by atoms with van der Waals surface area (Å²) in [6, 6.07) is 7.80. The fourth-order valence-electron chi connectivity index (χ4n) is 3.20. The molecule has 0 unspecified atom stereocenters. The lowest BCUT2D eigenvalue weighted by molar-refractivity contribution is 0.284. The second-order valence-electron chi connectivity index (χ2n) is 7.40. The van der Waals surface area contributed by atoms with Gasteiger partial charge in [-0.05, 0) is 62.1 Å². The Kier molecular flexibility index (Phi) is 8.21. The van der Waals surface area contributed by atoms with Gasteiger partial charge in [0.25, 0.3) is 0 Å². The number of hydrogen-bond donors (Lipinski definition) is 4. The Morgan fingerprint density at radius 3 is 1.52 bits per heavy atom. The van der Waals surface area contributed by atoms with Crippen molar-refractivity contribution in [3.05, 3.63) is 46.6 Å². The van der Waals surface area contributed by atoms with Gasteiger partial charge in [-0.3, -0.25) is 4.79 Å². The first-order valence-corrected chi connectivity index (χ1v) is 13.4. The van der Waals surface area contributed by atoms with Crippen LogP contribution in [0.4, 0.5) is 0 Å². The minimum absolute atomic E-state index is 0.00573. The van der Waals surface area contributed by atoms with E-state index in [1.165, 1.54) is 36.4 Å². The summed E-state index contributed by atoms with van der Waals surface area (Å²) < 4.78 is 60.7. The van der Waals surface area contributed by atoms with Crippen molar-refractivity contribution < 1.29 is 31.5 Å². The van der Waals surface area contributed by atoms with Crippen LogP contribution < -0.4 is 14.9 Å². The number of benzene rings is 2. The van der Waals surface area contributed by atoms with Gasteiger partial charge in [-0.15, -0.1) is 0 Å². The quantitative estimate of drug-likeness (QED) is 0.213. The van der Waals surface area contributed by atoms with Crippen molar-refractivity contribution in [1.82, 2.24) is 9.44 Å². The Morgan fingerprint density at radius 2 is 1.12 bits per heavy atom. The minimum Gasteiger partial charge on any atom is -0.456 e. The lowest BCUT2D eigenvalue weighted by atomic mass is 10.1. The molecule has 180 valence electrons. The standard InChI is InChI=1S/C21H26N2O8S2/c24-11-3-1-9-22-32(27,28)15-5-7-19-17(13-15)21(26)18-14-16(6-8-20(18)31-19)33(29,30)23-10-2-4-12-25/h5-8,13-14,22-25H,1-4,9-12H2. The van der Waals surface area contributed by atoms with Crippen molar-refractivity contribution in [3.8, 4) is 0 Å². The first kappa shape index (κ1) is 25.3. The normalized spacial score (nSPS) is 12.5. The molecule has 0 aliphatic heterocycles. The molecule has 0 aliphatic carbocycles. The predicted octanol–water partition coefficient (Wildman–Crippen LogP) is 1.05. The highest BCUT2D eigenvalue weighted by Gasteiger charge is 2.19. The summed E-state index contributed by atoms with van der Waals surface area (Å²) in [6.07, 6.45) is 1.83. The molecular formula is C21H26N2O8S2. The van der Waals surface area contributed by atoms with Gasteiger partial charge >= 0.3 is 0 Å². The molecule has 1 heterocycles. The van der Waals surface area contributed by atoms with Crippen LogP contribution in [0.5, 0.6) is 0 Å². The molecule has 0 spiro atoms. The Balaban J connectivity index is 1.98. The molecule has 0 radical (unpaired) electrons. The van der Waals surface area contributed by atoms with E-state index < -0.39 is 25.5 Å². The highest BCUT2D eigenvalue weighted by atomic mass is 32.2. The van der Waals surface area contributed by atoms with Crippen LogP contribution in [-0.2, 0) is 20.0 Å². The second kappa shape index (κ2) is 10.7. The van der Waals surface area contributed by atoms with Gasteiger partial charge in [0.05, 0.1) is 20.6 Å². The summed E-state index contributed by atoms with van der Waals surface area (Å²) in [4.78, 5) is 12.8. The molecule has 0 aliphatic rings. The molecule has 3 aromatic rings. The molecule has 0 saturated heterocycles. The molecular weight excluding hydrogens is 472 g/mol. The molecule has 0 atom stereocenters. The van der Waals surface area contributed by atoms with Crippen LogP contribution >= 0.6 is 0 Å². The van der Waals surface area contributed by atoms with Crippen molar-refractivity contribution >= 4 is 42.0 Å². The van der Waals surface area contributed by atoms with E-state index in [-0.39, 0.29) is 58.0 Å². The SMILES string of the molecule is O=c1c2cc(S(=O)(=O)NCCCCO)ccc2oc2ccc(S(=O)(=O)NCCCCO)cc12. The molecule has 4 N–H and O–H groups in total. The molecule has 0 fully saturated rings. The van der Waals surface area contributed by atoms with Crippen LogP contribution in [0, 0.1) is 0 Å². The zero-order valence-electron chi connectivity index (χ0n) is 17.8. The van der Waals surface area contributed by atoms with Crippen molar-refractivity contribution in [1.29, 1.82) is 0 Å². The Hall–Kier alpha value is -2.35. The average Bonchev–Trinajstić information content (AvgIpc) is 2.79. The van der Waals surface area contributed by atoms with Gasteiger partial charge in [0.1, 0.15) is 11.2 Å². The predicted molar refractivity (Wildman–Crippen MR) is 123 cm³/mol. The number of hydrogen-bond acceptors (Lipinski definition) is 8. The largest absolute Gasteiger partial charge is 0.456 e. The van der Waals surface area contributed by atoms with E-state index in [0.29, 0.717) is 25.7 Å². The summed E-state index contributed by atoms with van der Waals surface area (Å²) in [7, 11) is -7.77. The summed E-state index contributed by atoms with van der Waals surface area (Å²) in [5.74, 6) is 0. The number of unbranched alkanes of at least 4 members (excludes halogenated alkanes) is 2. The van der Waals surface area contributed by atoms with Gasteiger partial charge in [0, 0.05) is 26.3 Å². The number of sulfonamides is 2. The Bertz CT molecular complexity index is 1300. The Labute approximate surface area is 191 Å². The number of aliphatic hydroxyl groups excluding tert-OH is 2. The van der Waals surface area contributed by atoms with Gasteiger partial charge < -0.3 is 14.6 Å². The molecule has 2 aromatic carbocycles. The number of nitrogens with one attached hydrogen (secondary N) is 2. The molecule has 33 heavy (non-hydrogen) atoms. The third-order valence-electron chi connectivity index (χ3n) is 4.99. The van der Waals surface area contributed by atoms with Crippen LogP contribution in [0.25, 0.3) is 21.9 Å².